The van der Waals surface area contributed by atoms with Gasteiger partial charge in [-0.2, -0.15) is 4.80 Å². The molecule has 120 valence electrons. The monoisotopic (exact) mass is 321 g/mol. The number of carbonyl (C=O) groups is 1. The van der Waals surface area contributed by atoms with E-state index in [2.05, 4.69) is 27.3 Å². The van der Waals surface area contributed by atoms with Gasteiger partial charge in [-0.15, -0.1) is 11.7 Å². The number of benzene rings is 1. The summed E-state index contributed by atoms with van der Waals surface area (Å²) in [5.74, 6) is 1.08. The molecule has 0 aliphatic heterocycles. The molecule has 1 aromatic carbocycles. The van der Waals surface area contributed by atoms with Crippen LogP contribution in [0, 0.1) is 0 Å². The van der Waals surface area contributed by atoms with Crippen molar-refractivity contribution in [3.63, 3.8) is 0 Å². The number of aromatic nitrogens is 4. The third-order valence-corrected chi connectivity index (χ3v) is 3.06. The third kappa shape index (κ3) is 3.83. The molecule has 2 aromatic heterocycles. The van der Waals surface area contributed by atoms with Crippen molar-refractivity contribution in [3.05, 3.63) is 67.0 Å². The number of anilines is 1. The van der Waals surface area contributed by atoms with E-state index in [1.807, 2.05) is 36.4 Å². The zero-order valence-electron chi connectivity index (χ0n) is 12.8. The van der Waals surface area contributed by atoms with Crippen molar-refractivity contribution in [3.8, 4) is 11.3 Å². The molecule has 0 fully saturated rings. The summed E-state index contributed by atoms with van der Waals surface area (Å²) < 4.78 is 5.68. The minimum Gasteiger partial charge on any atom is -0.457 e. The lowest BCUT2D eigenvalue weighted by Crippen LogP contribution is -2.09. The molecule has 0 aliphatic rings. The first-order chi connectivity index (χ1) is 11.7. The maximum Gasteiger partial charge on any atom is 0.270 e. The van der Waals surface area contributed by atoms with E-state index in [1.165, 1.54) is 10.9 Å². The average molecular weight is 321 g/mol. The molecule has 0 bridgehead atoms. The Morgan fingerprint density at radius 3 is 2.88 bits per heavy atom. The maximum absolute atomic E-state index is 11.9. The van der Waals surface area contributed by atoms with Crippen LogP contribution in [0.15, 0.2) is 65.6 Å². The van der Waals surface area contributed by atoms with Crippen LogP contribution in [0.2, 0.25) is 0 Å². The molecule has 0 saturated carbocycles. The quantitative estimate of drug-likeness (QED) is 0.557. The number of amides is 1. The van der Waals surface area contributed by atoms with Gasteiger partial charge in [0.15, 0.2) is 0 Å². The molecule has 0 spiro atoms. The highest BCUT2D eigenvalue weighted by Gasteiger charge is 2.05. The molecule has 3 rings (SSSR count). The van der Waals surface area contributed by atoms with E-state index in [4.69, 9.17) is 4.42 Å². The molecule has 7 nitrogen and oxygen atoms in total. The Morgan fingerprint density at radius 1 is 1.25 bits per heavy atom. The van der Waals surface area contributed by atoms with Gasteiger partial charge in [-0.1, -0.05) is 41.5 Å². The molecule has 0 unspecified atom stereocenters. The lowest BCUT2D eigenvalue weighted by molar-refractivity contribution is -0.111. The van der Waals surface area contributed by atoms with E-state index in [-0.39, 0.29) is 11.9 Å². The fourth-order valence-electron chi connectivity index (χ4n) is 2.00. The van der Waals surface area contributed by atoms with Gasteiger partial charge < -0.3 is 4.42 Å². The van der Waals surface area contributed by atoms with Gasteiger partial charge in [0.05, 0.1) is 6.54 Å². The number of carbonyl (C=O) groups excluding carboxylic acids is 1. The van der Waals surface area contributed by atoms with Gasteiger partial charge in [0.2, 0.25) is 0 Å². The van der Waals surface area contributed by atoms with Crippen LogP contribution < -0.4 is 5.32 Å². The lowest BCUT2D eigenvalue weighted by Gasteiger charge is -1.95. The first-order valence-corrected chi connectivity index (χ1v) is 7.27. The molecule has 1 amide bonds. The second kappa shape index (κ2) is 7.19. The van der Waals surface area contributed by atoms with Crippen LogP contribution in [0.3, 0.4) is 0 Å². The number of rotatable bonds is 6. The van der Waals surface area contributed by atoms with Crippen LogP contribution in [-0.2, 0) is 11.3 Å². The molecule has 0 atom stereocenters. The van der Waals surface area contributed by atoms with Crippen molar-refractivity contribution < 1.29 is 9.21 Å². The molecule has 2 heterocycles. The Kier molecular flexibility index (Phi) is 4.62. The first kappa shape index (κ1) is 15.4. The summed E-state index contributed by atoms with van der Waals surface area (Å²) >= 11 is 0. The van der Waals surface area contributed by atoms with Gasteiger partial charge >= 0.3 is 0 Å². The highest BCUT2D eigenvalue weighted by atomic mass is 16.3. The van der Waals surface area contributed by atoms with Crippen molar-refractivity contribution in [2.75, 3.05) is 5.32 Å². The summed E-state index contributed by atoms with van der Waals surface area (Å²) in [6.07, 6.45) is 4.56. The van der Waals surface area contributed by atoms with Gasteiger partial charge in [-0.25, -0.2) is 0 Å². The largest absolute Gasteiger partial charge is 0.457 e. The molecule has 0 aliphatic carbocycles. The van der Waals surface area contributed by atoms with Crippen LogP contribution in [0.1, 0.15) is 5.76 Å². The number of hydrogen-bond acceptors (Lipinski definition) is 5. The van der Waals surface area contributed by atoms with E-state index < -0.39 is 0 Å². The number of furan rings is 1. The normalized spacial score (nSPS) is 10.8. The van der Waals surface area contributed by atoms with Crippen LogP contribution in [0.4, 0.5) is 5.95 Å². The van der Waals surface area contributed by atoms with Gasteiger partial charge in [0, 0.05) is 11.6 Å². The second-order valence-electron chi connectivity index (χ2n) is 4.85. The van der Waals surface area contributed by atoms with Gasteiger partial charge in [0.1, 0.15) is 11.5 Å². The van der Waals surface area contributed by atoms with Crippen LogP contribution in [-0.4, -0.2) is 26.1 Å². The Hall–Kier alpha value is -3.48. The van der Waals surface area contributed by atoms with E-state index in [0.717, 1.165) is 11.3 Å². The van der Waals surface area contributed by atoms with Crippen LogP contribution >= 0.6 is 0 Å². The molecule has 24 heavy (non-hydrogen) atoms. The zero-order valence-corrected chi connectivity index (χ0v) is 12.8. The maximum atomic E-state index is 11.9. The van der Waals surface area contributed by atoms with E-state index in [0.29, 0.717) is 12.3 Å². The predicted molar refractivity (Wildman–Crippen MR) is 89.8 cm³/mol. The Bertz CT molecular complexity index is 864. The van der Waals surface area contributed by atoms with Gasteiger partial charge in [-0.05, 0) is 23.4 Å². The van der Waals surface area contributed by atoms with Crippen molar-refractivity contribution in [1.29, 1.82) is 0 Å². The lowest BCUT2D eigenvalue weighted by atomic mass is 10.2. The molecular weight excluding hydrogens is 306 g/mol. The Morgan fingerprint density at radius 2 is 2.08 bits per heavy atom. The van der Waals surface area contributed by atoms with Crippen molar-refractivity contribution >= 4 is 17.9 Å². The molecule has 0 saturated heterocycles. The fourth-order valence-corrected chi connectivity index (χ4v) is 2.00. The molecule has 7 heteroatoms. The summed E-state index contributed by atoms with van der Waals surface area (Å²) in [4.78, 5) is 13.2. The number of nitrogens with zero attached hydrogens (tertiary/aromatic N) is 4. The number of nitrogens with one attached hydrogen (secondary N) is 1. The topological polar surface area (TPSA) is 85.8 Å². The van der Waals surface area contributed by atoms with Crippen LogP contribution in [0.25, 0.3) is 17.4 Å². The summed E-state index contributed by atoms with van der Waals surface area (Å²) in [7, 11) is 0. The number of allylic oxidation sites excluding steroid dienone is 1. The third-order valence-electron chi connectivity index (χ3n) is 3.06. The summed E-state index contributed by atoms with van der Waals surface area (Å²) in [5.41, 5.74) is 0.977. The Balaban J connectivity index is 1.62. The molecule has 3 aromatic rings. The smallest absolute Gasteiger partial charge is 0.270 e. The van der Waals surface area contributed by atoms with E-state index in [1.54, 1.807) is 18.2 Å². The highest BCUT2D eigenvalue weighted by molar-refractivity contribution is 6.00. The summed E-state index contributed by atoms with van der Waals surface area (Å²) in [5, 5.41) is 14.0. The SMILES string of the molecule is C=CCn1nnc(NC(=O)/C=C/c2ccc(-c3ccccc3)o2)n1. The number of hydrogen-bond donors (Lipinski definition) is 1. The van der Waals surface area contributed by atoms with Gasteiger partial charge in [0.25, 0.3) is 11.9 Å². The Labute approximate surface area is 138 Å². The standard InChI is InChI=1S/C17H15N5O2/c1-2-12-22-20-17(19-21-22)18-16(23)11-9-14-8-10-15(24-14)13-6-4-3-5-7-13/h2-11H,1,12H2,(H,18,20,23)/b11-9+. The zero-order chi connectivity index (χ0) is 16.8. The summed E-state index contributed by atoms with van der Waals surface area (Å²) in [6, 6.07) is 13.4. The first-order valence-electron chi connectivity index (χ1n) is 7.27. The minimum atomic E-state index is -0.370. The van der Waals surface area contributed by atoms with Crippen molar-refractivity contribution in [2.45, 2.75) is 6.54 Å². The summed E-state index contributed by atoms with van der Waals surface area (Å²) in [6.45, 7) is 4.00. The van der Waals surface area contributed by atoms with Crippen molar-refractivity contribution in [1.82, 2.24) is 20.2 Å². The molecular formula is C17H15N5O2. The molecule has 1 N–H and O–H groups in total. The van der Waals surface area contributed by atoms with Crippen molar-refractivity contribution in [2.24, 2.45) is 0 Å². The van der Waals surface area contributed by atoms with Gasteiger partial charge in [-0.3, -0.25) is 10.1 Å². The fraction of sp³-hybridized carbons (Fsp3) is 0.0588. The van der Waals surface area contributed by atoms with E-state index >= 15 is 0 Å². The second-order valence-corrected chi connectivity index (χ2v) is 4.85. The number of tetrazole rings is 1. The minimum absolute atomic E-state index is 0.135. The highest BCUT2D eigenvalue weighted by Crippen LogP contribution is 2.22. The van der Waals surface area contributed by atoms with E-state index in [9.17, 15) is 4.79 Å². The van der Waals surface area contributed by atoms with Crippen LogP contribution in [0.5, 0.6) is 0 Å². The molecule has 0 radical (unpaired) electrons. The predicted octanol–water partition coefficient (Wildman–Crippen LogP) is 2.77. The average Bonchev–Trinajstić information content (AvgIpc) is 3.24.